The summed E-state index contributed by atoms with van der Waals surface area (Å²) in [6.07, 6.45) is 2.17. The van der Waals surface area contributed by atoms with Crippen LogP contribution in [0.15, 0.2) is 13.6 Å². The van der Waals surface area contributed by atoms with Gasteiger partial charge in [-0.25, -0.2) is 0 Å². The highest BCUT2D eigenvalue weighted by Gasteiger charge is 2.05. The molecule has 0 fully saturated rings. The van der Waals surface area contributed by atoms with Gasteiger partial charge in [0.15, 0.2) is 0 Å². The Morgan fingerprint density at radius 1 is 1.47 bits per heavy atom. The lowest BCUT2D eigenvalue weighted by Gasteiger charge is -2.08. The number of hydrogen-bond acceptors (Lipinski definition) is 2. The van der Waals surface area contributed by atoms with Crippen molar-refractivity contribution in [2.75, 3.05) is 13.2 Å². The molecule has 0 aliphatic carbocycles. The first kappa shape index (κ1) is 13.7. The summed E-state index contributed by atoms with van der Waals surface area (Å²) in [5.74, 6) is 0.669. The summed E-state index contributed by atoms with van der Waals surface area (Å²) >= 11 is 8.73. The van der Waals surface area contributed by atoms with E-state index in [1.165, 1.54) is 19.6 Å². The summed E-state index contributed by atoms with van der Waals surface area (Å²) in [5, 5.41) is 0. The van der Waals surface area contributed by atoms with Crippen molar-refractivity contribution < 1.29 is 4.74 Å². The molecule has 1 nitrogen and oxygen atoms in total. The highest BCUT2D eigenvalue weighted by molar-refractivity contribution is 9.12. The minimum absolute atomic E-state index is 0.669. The van der Waals surface area contributed by atoms with E-state index in [0.717, 1.165) is 19.6 Å². The smallest absolute Gasteiger partial charge is 0.0743 e. The van der Waals surface area contributed by atoms with Crippen LogP contribution in [0.5, 0.6) is 0 Å². The summed E-state index contributed by atoms with van der Waals surface area (Å²) in [6.45, 7) is 6.10. The van der Waals surface area contributed by atoms with Crippen LogP contribution in [0.1, 0.15) is 25.8 Å². The van der Waals surface area contributed by atoms with Crippen LogP contribution in [0.2, 0.25) is 0 Å². The molecule has 15 heavy (non-hydrogen) atoms. The van der Waals surface area contributed by atoms with Crippen molar-refractivity contribution in [1.82, 2.24) is 0 Å². The Bertz CT molecular complexity index is 299. The van der Waals surface area contributed by atoms with E-state index in [1.54, 1.807) is 11.3 Å². The van der Waals surface area contributed by atoms with Gasteiger partial charge in [-0.1, -0.05) is 20.3 Å². The molecule has 86 valence electrons. The van der Waals surface area contributed by atoms with Gasteiger partial charge < -0.3 is 4.74 Å². The van der Waals surface area contributed by atoms with Crippen LogP contribution in [0.3, 0.4) is 0 Å². The fourth-order valence-corrected chi connectivity index (χ4v) is 4.04. The van der Waals surface area contributed by atoms with Gasteiger partial charge in [-0.05, 0) is 55.8 Å². The minimum atomic E-state index is 0.669. The number of rotatable bonds is 6. The van der Waals surface area contributed by atoms with Gasteiger partial charge >= 0.3 is 0 Å². The highest BCUT2D eigenvalue weighted by atomic mass is 79.9. The lowest BCUT2D eigenvalue weighted by molar-refractivity contribution is 0.106. The molecule has 0 spiro atoms. The summed E-state index contributed by atoms with van der Waals surface area (Å²) in [7, 11) is 0. The molecule has 0 N–H and O–H groups in total. The van der Waals surface area contributed by atoms with E-state index in [9.17, 15) is 0 Å². The van der Waals surface area contributed by atoms with Crippen molar-refractivity contribution in [3.63, 3.8) is 0 Å². The molecule has 0 aliphatic rings. The number of ether oxygens (including phenoxy) is 1. The van der Waals surface area contributed by atoms with E-state index in [-0.39, 0.29) is 0 Å². The molecule has 0 unspecified atom stereocenters. The molecule has 0 amide bonds. The molecule has 1 aromatic rings. The second-order valence-electron chi connectivity index (χ2n) is 3.69. The molecule has 0 saturated carbocycles. The first-order valence-corrected chi connectivity index (χ1v) is 7.55. The number of hydrogen-bond donors (Lipinski definition) is 0. The quantitative estimate of drug-likeness (QED) is 0.661. The third-order valence-corrected chi connectivity index (χ3v) is 4.81. The number of halogens is 2. The summed E-state index contributed by atoms with van der Waals surface area (Å²) < 4.78 is 8.01. The van der Waals surface area contributed by atoms with E-state index in [2.05, 4.69) is 51.8 Å². The first-order valence-electron chi connectivity index (χ1n) is 5.15. The van der Waals surface area contributed by atoms with E-state index >= 15 is 0 Å². The van der Waals surface area contributed by atoms with Crippen molar-refractivity contribution in [2.45, 2.75) is 26.7 Å². The average Bonchev–Trinajstić information content (AvgIpc) is 2.52. The lowest BCUT2D eigenvalue weighted by Crippen LogP contribution is -2.07. The first-order chi connectivity index (χ1) is 7.13. The lowest BCUT2D eigenvalue weighted by atomic mass is 10.1. The van der Waals surface area contributed by atoms with Crippen molar-refractivity contribution in [3.05, 3.63) is 19.2 Å². The second kappa shape index (κ2) is 7.05. The third kappa shape index (κ3) is 4.98. The minimum Gasteiger partial charge on any atom is -0.381 e. The van der Waals surface area contributed by atoms with Gasteiger partial charge in [-0.2, -0.15) is 0 Å². The van der Waals surface area contributed by atoms with Crippen LogP contribution in [-0.2, 0) is 11.2 Å². The Labute approximate surface area is 112 Å². The maximum atomic E-state index is 5.62. The van der Waals surface area contributed by atoms with Gasteiger partial charge in [0, 0.05) is 6.61 Å². The standard InChI is InChI=1S/C11H16Br2OS/c1-3-8(2)7-14-5-4-9-6-10(12)15-11(9)13/h6,8H,3-5,7H2,1-2H3/t8-/m0/s1. The van der Waals surface area contributed by atoms with Gasteiger partial charge in [0.1, 0.15) is 0 Å². The third-order valence-electron chi connectivity index (χ3n) is 2.34. The molecule has 1 aromatic heterocycles. The maximum absolute atomic E-state index is 5.62. The van der Waals surface area contributed by atoms with Gasteiger partial charge in [0.25, 0.3) is 0 Å². The van der Waals surface area contributed by atoms with Crippen molar-refractivity contribution in [2.24, 2.45) is 5.92 Å². The predicted octanol–water partition coefficient (Wildman–Crippen LogP) is 4.88. The Kier molecular flexibility index (Phi) is 6.43. The normalized spacial score (nSPS) is 13.1. The van der Waals surface area contributed by atoms with Crippen molar-refractivity contribution in [3.8, 4) is 0 Å². The highest BCUT2D eigenvalue weighted by Crippen LogP contribution is 2.32. The fourth-order valence-electron chi connectivity index (χ4n) is 1.13. The maximum Gasteiger partial charge on any atom is 0.0743 e. The van der Waals surface area contributed by atoms with Crippen molar-refractivity contribution >= 4 is 43.2 Å². The SMILES string of the molecule is CC[C@H](C)COCCc1cc(Br)sc1Br. The predicted molar refractivity (Wildman–Crippen MR) is 73.7 cm³/mol. The fraction of sp³-hybridized carbons (Fsp3) is 0.636. The molecule has 4 heteroatoms. The monoisotopic (exact) mass is 354 g/mol. The topological polar surface area (TPSA) is 9.23 Å². The Morgan fingerprint density at radius 3 is 2.73 bits per heavy atom. The van der Waals surface area contributed by atoms with Crippen LogP contribution in [0.4, 0.5) is 0 Å². The van der Waals surface area contributed by atoms with E-state index in [4.69, 9.17) is 4.74 Å². The van der Waals surface area contributed by atoms with Crippen LogP contribution in [0.25, 0.3) is 0 Å². The molecule has 0 aliphatic heterocycles. The zero-order valence-corrected chi connectivity index (χ0v) is 13.0. The largest absolute Gasteiger partial charge is 0.381 e. The van der Waals surface area contributed by atoms with Crippen LogP contribution in [0, 0.1) is 5.92 Å². The molecule has 0 radical (unpaired) electrons. The van der Waals surface area contributed by atoms with Crippen LogP contribution >= 0.6 is 43.2 Å². The molecule has 0 aromatic carbocycles. The Morgan fingerprint density at radius 2 is 2.20 bits per heavy atom. The zero-order valence-electron chi connectivity index (χ0n) is 9.06. The summed E-state index contributed by atoms with van der Waals surface area (Å²) in [4.78, 5) is 0. The zero-order chi connectivity index (χ0) is 11.3. The van der Waals surface area contributed by atoms with Crippen LogP contribution in [-0.4, -0.2) is 13.2 Å². The molecule has 0 saturated heterocycles. The molecule has 0 bridgehead atoms. The summed E-state index contributed by atoms with van der Waals surface area (Å²) in [5.41, 5.74) is 1.33. The Hall–Kier alpha value is 0.620. The molecule has 1 rings (SSSR count). The number of thiophene rings is 1. The molecule has 1 heterocycles. The molecule has 1 atom stereocenters. The Balaban J connectivity index is 2.23. The second-order valence-corrected chi connectivity index (χ2v) is 7.44. The molecular formula is C11H16Br2OS. The van der Waals surface area contributed by atoms with Gasteiger partial charge in [0.2, 0.25) is 0 Å². The average molecular weight is 356 g/mol. The summed E-state index contributed by atoms with van der Waals surface area (Å²) in [6, 6.07) is 2.15. The van der Waals surface area contributed by atoms with Gasteiger partial charge in [0.05, 0.1) is 14.2 Å². The molecular weight excluding hydrogens is 340 g/mol. The van der Waals surface area contributed by atoms with Crippen molar-refractivity contribution in [1.29, 1.82) is 0 Å². The van der Waals surface area contributed by atoms with E-state index < -0.39 is 0 Å². The van der Waals surface area contributed by atoms with Gasteiger partial charge in [-0.3, -0.25) is 0 Å². The van der Waals surface area contributed by atoms with E-state index in [1.807, 2.05) is 0 Å². The van der Waals surface area contributed by atoms with E-state index in [0.29, 0.717) is 5.92 Å². The van der Waals surface area contributed by atoms with Crippen LogP contribution < -0.4 is 0 Å². The van der Waals surface area contributed by atoms with Gasteiger partial charge in [-0.15, -0.1) is 11.3 Å².